The van der Waals surface area contributed by atoms with Gasteiger partial charge < -0.3 is 30.3 Å². The van der Waals surface area contributed by atoms with E-state index in [1.165, 1.54) is 0 Å². The van der Waals surface area contributed by atoms with Crippen molar-refractivity contribution >= 4 is 35.3 Å². The molecule has 0 radical (unpaired) electrons. The Morgan fingerprint density at radius 2 is 1.50 bits per heavy atom. The lowest BCUT2D eigenvalue weighted by atomic mass is 9.78. The molecule has 1 aliphatic carbocycles. The van der Waals surface area contributed by atoms with Gasteiger partial charge >= 0.3 is 11.9 Å². The summed E-state index contributed by atoms with van der Waals surface area (Å²) in [7, 11) is 0. The van der Waals surface area contributed by atoms with Crippen LogP contribution in [0, 0.1) is 17.8 Å². The zero-order valence-electron chi connectivity index (χ0n) is 23.6. The number of aliphatic carboxylic acids is 2. The molecule has 228 valence electrons. The van der Waals surface area contributed by atoms with Gasteiger partial charge in [0.05, 0.1) is 25.7 Å². The van der Waals surface area contributed by atoms with E-state index in [0.717, 1.165) is 19.3 Å². The molecule has 1 saturated carbocycles. The predicted molar refractivity (Wildman–Crippen MR) is 144 cm³/mol. The number of nitrogens with one attached hydrogen (secondary N) is 2. The van der Waals surface area contributed by atoms with Gasteiger partial charge in [0.2, 0.25) is 11.8 Å². The van der Waals surface area contributed by atoms with Crippen molar-refractivity contribution in [3.63, 3.8) is 0 Å². The number of Topliss-reactive ketones (excluding diaryl/α,β-unsaturated/α-hetero) is 2. The van der Waals surface area contributed by atoms with Crippen LogP contribution in [0.5, 0.6) is 0 Å². The quantitative estimate of drug-likeness (QED) is 0.133. The molecule has 2 amide bonds. The molecule has 0 aliphatic heterocycles. The van der Waals surface area contributed by atoms with Crippen LogP contribution in [0.15, 0.2) is 0 Å². The smallest absolute Gasteiger partial charge is 0.306 e. The van der Waals surface area contributed by atoms with Crippen LogP contribution in [-0.4, -0.2) is 85.0 Å². The Balaban J connectivity index is 2.20. The molecular formula is C28H46N2O10. The van der Waals surface area contributed by atoms with E-state index in [9.17, 15) is 33.9 Å². The highest BCUT2D eigenvalue weighted by molar-refractivity contribution is 5.86. The molecule has 1 fully saturated rings. The number of carbonyl (C=O) groups excluding carboxylic acids is 4. The van der Waals surface area contributed by atoms with Crippen molar-refractivity contribution in [2.24, 2.45) is 17.8 Å². The van der Waals surface area contributed by atoms with E-state index in [1.54, 1.807) is 0 Å². The molecule has 0 spiro atoms. The molecular weight excluding hydrogens is 524 g/mol. The second-order valence-electron chi connectivity index (χ2n) is 10.3. The molecule has 4 N–H and O–H groups in total. The predicted octanol–water partition coefficient (Wildman–Crippen LogP) is 2.12. The molecule has 40 heavy (non-hydrogen) atoms. The topological polar surface area (TPSA) is 185 Å². The molecule has 0 heterocycles. The first-order chi connectivity index (χ1) is 19.1. The number of carboxylic acids is 2. The van der Waals surface area contributed by atoms with E-state index in [1.807, 2.05) is 6.92 Å². The van der Waals surface area contributed by atoms with Gasteiger partial charge in [-0.3, -0.25) is 28.8 Å². The van der Waals surface area contributed by atoms with E-state index in [2.05, 4.69) is 10.6 Å². The van der Waals surface area contributed by atoms with Gasteiger partial charge in [-0.05, 0) is 50.9 Å². The van der Waals surface area contributed by atoms with Crippen LogP contribution in [0.4, 0.5) is 0 Å². The van der Waals surface area contributed by atoms with Crippen LogP contribution in [0.2, 0.25) is 0 Å². The number of ketones is 2. The van der Waals surface area contributed by atoms with Crippen molar-refractivity contribution in [3.05, 3.63) is 0 Å². The highest BCUT2D eigenvalue weighted by Gasteiger charge is 2.30. The average Bonchev–Trinajstić information content (AvgIpc) is 2.91. The number of rotatable bonds is 23. The van der Waals surface area contributed by atoms with E-state index in [-0.39, 0.29) is 93.7 Å². The summed E-state index contributed by atoms with van der Waals surface area (Å²) in [6.45, 7) is 3.58. The molecule has 0 bridgehead atoms. The van der Waals surface area contributed by atoms with Gasteiger partial charge in [0.15, 0.2) is 5.78 Å². The van der Waals surface area contributed by atoms with Gasteiger partial charge in [0.25, 0.3) is 0 Å². The Hall–Kier alpha value is -2.86. The Morgan fingerprint density at radius 1 is 0.825 bits per heavy atom. The highest BCUT2D eigenvalue weighted by Crippen LogP contribution is 2.31. The monoisotopic (exact) mass is 570 g/mol. The molecule has 0 aromatic carbocycles. The standard InChI is InChI=1S/C28H46N2O10/c1-2-4-23(31)19-40-16-15-39-14-13-29-26(34)12-11-22(28(37)38)17-24(32)21-9-7-20(8-10-21)18-30-25(33)5-3-6-27(35)36/h20-22H,2-19H2,1H3,(H,29,34)(H,30,33)(H,35,36)(H,37,38). The van der Waals surface area contributed by atoms with Gasteiger partial charge in [-0.1, -0.05) is 6.92 Å². The molecule has 0 aromatic heterocycles. The van der Waals surface area contributed by atoms with E-state index in [0.29, 0.717) is 38.8 Å². The number of amides is 2. The van der Waals surface area contributed by atoms with Crippen molar-refractivity contribution < 1.29 is 48.5 Å². The van der Waals surface area contributed by atoms with Crippen LogP contribution in [0.1, 0.15) is 84.0 Å². The first kappa shape index (κ1) is 35.2. The Kier molecular flexibility index (Phi) is 18.4. The second kappa shape index (κ2) is 21.0. The molecule has 12 heteroatoms. The van der Waals surface area contributed by atoms with Crippen molar-refractivity contribution in [2.45, 2.75) is 84.0 Å². The van der Waals surface area contributed by atoms with Crippen LogP contribution in [-0.2, 0) is 38.2 Å². The highest BCUT2D eigenvalue weighted by atomic mass is 16.5. The third-order valence-electron chi connectivity index (χ3n) is 6.93. The molecule has 1 rings (SSSR count). The molecule has 0 saturated heterocycles. The zero-order valence-corrected chi connectivity index (χ0v) is 23.6. The third-order valence-corrected chi connectivity index (χ3v) is 6.93. The lowest BCUT2D eigenvalue weighted by molar-refractivity contribution is -0.145. The molecule has 0 aromatic rings. The van der Waals surface area contributed by atoms with Crippen LogP contribution < -0.4 is 10.6 Å². The number of hydrogen-bond donors (Lipinski definition) is 4. The van der Waals surface area contributed by atoms with Gasteiger partial charge in [-0.25, -0.2) is 0 Å². The van der Waals surface area contributed by atoms with Gasteiger partial charge in [-0.15, -0.1) is 0 Å². The van der Waals surface area contributed by atoms with Crippen LogP contribution in [0.25, 0.3) is 0 Å². The molecule has 1 unspecified atom stereocenters. The summed E-state index contributed by atoms with van der Waals surface area (Å²) >= 11 is 0. The molecule has 1 atom stereocenters. The maximum absolute atomic E-state index is 12.8. The molecule has 12 nitrogen and oxygen atoms in total. The van der Waals surface area contributed by atoms with Crippen LogP contribution >= 0.6 is 0 Å². The first-order valence-corrected chi connectivity index (χ1v) is 14.3. The van der Waals surface area contributed by atoms with Gasteiger partial charge in [0.1, 0.15) is 12.4 Å². The molecule has 1 aliphatic rings. The summed E-state index contributed by atoms with van der Waals surface area (Å²) in [4.78, 5) is 70.3. The summed E-state index contributed by atoms with van der Waals surface area (Å²) in [5.74, 6) is -3.48. The summed E-state index contributed by atoms with van der Waals surface area (Å²) in [6.07, 6.45) is 4.40. The normalized spacial score (nSPS) is 17.5. The minimum atomic E-state index is -1.10. The fourth-order valence-corrected chi connectivity index (χ4v) is 4.57. The van der Waals surface area contributed by atoms with Crippen molar-refractivity contribution in [1.29, 1.82) is 0 Å². The SMILES string of the molecule is CCCC(=O)COCCOCCNC(=O)CCC(CC(=O)C1CCC(CNC(=O)CCCC(=O)O)CC1)C(=O)O. The summed E-state index contributed by atoms with van der Waals surface area (Å²) < 4.78 is 10.5. The maximum Gasteiger partial charge on any atom is 0.306 e. The van der Waals surface area contributed by atoms with E-state index >= 15 is 0 Å². The number of hydrogen-bond acceptors (Lipinski definition) is 8. The van der Waals surface area contributed by atoms with Gasteiger partial charge in [-0.2, -0.15) is 0 Å². The second-order valence-corrected chi connectivity index (χ2v) is 10.3. The number of carboxylic acid groups (broad SMARTS) is 2. The lowest BCUT2D eigenvalue weighted by Gasteiger charge is -2.28. The first-order valence-electron chi connectivity index (χ1n) is 14.3. The van der Waals surface area contributed by atoms with Gasteiger partial charge in [0, 0.05) is 51.1 Å². The van der Waals surface area contributed by atoms with Crippen molar-refractivity contribution in [3.8, 4) is 0 Å². The summed E-state index contributed by atoms with van der Waals surface area (Å²) in [5.41, 5.74) is 0. The lowest BCUT2D eigenvalue weighted by Crippen LogP contribution is -2.33. The fraction of sp³-hybridized carbons (Fsp3) is 0.786. The Labute approximate surface area is 235 Å². The average molecular weight is 571 g/mol. The van der Waals surface area contributed by atoms with Crippen molar-refractivity contribution in [1.82, 2.24) is 10.6 Å². The van der Waals surface area contributed by atoms with Crippen LogP contribution in [0.3, 0.4) is 0 Å². The third kappa shape index (κ3) is 17.0. The minimum Gasteiger partial charge on any atom is -0.481 e. The maximum atomic E-state index is 12.8. The van der Waals surface area contributed by atoms with Crippen molar-refractivity contribution in [2.75, 3.05) is 39.5 Å². The van der Waals surface area contributed by atoms with E-state index < -0.39 is 17.9 Å². The fourth-order valence-electron chi connectivity index (χ4n) is 4.57. The largest absolute Gasteiger partial charge is 0.481 e. The Morgan fingerprint density at radius 3 is 2.15 bits per heavy atom. The summed E-state index contributed by atoms with van der Waals surface area (Å²) in [5, 5.41) is 23.7. The van der Waals surface area contributed by atoms with E-state index in [4.69, 9.17) is 14.6 Å². The zero-order chi connectivity index (χ0) is 29.8. The minimum absolute atomic E-state index is 0.00813. The number of carbonyl (C=O) groups is 6. The summed E-state index contributed by atoms with van der Waals surface area (Å²) in [6, 6.07) is 0. The Bertz CT molecular complexity index is 824. The number of ether oxygens (including phenoxy) is 2.